The zero-order valence-electron chi connectivity index (χ0n) is 17.0. The van der Waals surface area contributed by atoms with Gasteiger partial charge in [-0.1, -0.05) is 26.0 Å². The maximum absolute atomic E-state index is 12.6. The van der Waals surface area contributed by atoms with Gasteiger partial charge in [-0.15, -0.1) is 0 Å². The molecule has 0 unspecified atom stereocenters. The molecule has 0 bridgehead atoms. The monoisotopic (exact) mass is 427 g/mol. The average molecular weight is 428 g/mol. The van der Waals surface area contributed by atoms with Gasteiger partial charge in [0.05, 0.1) is 0 Å². The fourth-order valence-corrected chi connectivity index (χ4v) is 6.39. The number of sulfonamides is 1. The summed E-state index contributed by atoms with van der Waals surface area (Å²) in [5.74, 6) is 0.0576. The number of hydrogen-bond donors (Lipinski definition) is 1. The van der Waals surface area contributed by atoms with Gasteiger partial charge in [0.15, 0.2) is 5.03 Å². The van der Waals surface area contributed by atoms with Crippen LogP contribution in [0.3, 0.4) is 0 Å². The molecule has 156 valence electrons. The molecule has 0 saturated carbocycles. The second-order valence-corrected chi connectivity index (χ2v) is 12.1. The summed E-state index contributed by atoms with van der Waals surface area (Å²) in [4.78, 5) is 0. The number of hydrogen-bond acceptors (Lipinski definition) is 5. The van der Waals surface area contributed by atoms with Crippen LogP contribution < -0.4 is 5.14 Å². The minimum absolute atomic E-state index is 0.0576. The summed E-state index contributed by atoms with van der Waals surface area (Å²) < 4.78 is 44.9. The second-order valence-electron chi connectivity index (χ2n) is 7.58. The summed E-state index contributed by atoms with van der Waals surface area (Å²) in [7, 11) is -4.72. The summed E-state index contributed by atoms with van der Waals surface area (Å²) in [5, 5.41) is 8.51. The predicted octanol–water partition coefficient (Wildman–Crippen LogP) is 3.56. The van der Waals surface area contributed by atoms with Crippen LogP contribution in [-0.2, 0) is 26.3 Å². The van der Waals surface area contributed by atoms with Gasteiger partial charge in [0.1, 0.15) is 0 Å². The van der Waals surface area contributed by atoms with Crippen LogP contribution in [0.15, 0.2) is 23.2 Å². The number of aromatic nitrogens is 1. The molecule has 1 aliphatic rings. The van der Waals surface area contributed by atoms with E-state index in [9.17, 15) is 13.0 Å². The quantitative estimate of drug-likeness (QED) is 0.712. The van der Waals surface area contributed by atoms with Crippen molar-refractivity contribution in [1.82, 2.24) is 9.63 Å². The van der Waals surface area contributed by atoms with E-state index in [0.717, 1.165) is 34.9 Å². The van der Waals surface area contributed by atoms with Crippen LogP contribution in [-0.4, -0.2) is 43.5 Å². The first-order valence-electron chi connectivity index (χ1n) is 9.74. The van der Waals surface area contributed by atoms with Crippen molar-refractivity contribution in [2.24, 2.45) is 12.2 Å². The molecule has 0 amide bonds. The van der Waals surface area contributed by atoms with E-state index in [0.29, 0.717) is 25.4 Å². The van der Waals surface area contributed by atoms with E-state index in [1.54, 1.807) is 16.7 Å². The first-order chi connectivity index (χ1) is 13.1. The minimum Gasteiger partial charge on any atom is -0.333 e. The fraction of sp³-hybridized carbons (Fsp3) is 0.579. The first kappa shape index (κ1) is 21.5. The molecule has 2 N–H and O–H groups in total. The highest BCUT2D eigenvalue weighted by molar-refractivity contribution is 7.89. The van der Waals surface area contributed by atoms with E-state index in [-0.39, 0.29) is 10.9 Å². The van der Waals surface area contributed by atoms with Gasteiger partial charge in [0, 0.05) is 48.9 Å². The third-order valence-corrected chi connectivity index (χ3v) is 9.19. The van der Waals surface area contributed by atoms with Crippen molar-refractivity contribution in [3.05, 3.63) is 29.3 Å². The Kier molecular flexibility index (Phi) is 6.09. The molecule has 1 aliphatic heterocycles. The summed E-state index contributed by atoms with van der Waals surface area (Å²) in [5.41, 5.74) is 2.74. The highest BCUT2D eigenvalue weighted by atomic mass is 32.2. The highest BCUT2D eigenvalue weighted by Gasteiger charge is 2.33. The van der Waals surface area contributed by atoms with Crippen molar-refractivity contribution >= 4 is 28.3 Å². The van der Waals surface area contributed by atoms with Gasteiger partial charge < -0.3 is 4.57 Å². The van der Waals surface area contributed by atoms with Crippen molar-refractivity contribution in [1.29, 1.82) is 0 Å². The van der Waals surface area contributed by atoms with Crippen LogP contribution >= 0.6 is 7.37 Å². The summed E-state index contributed by atoms with van der Waals surface area (Å²) in [6.07, 6.45) is 2.48. The van der Waals surface area contributed by atoms with Crippen LogP contribution in [0.1, 0.15) is 43.7 Å². The van der Waals surface area contributed by atoms with Gasteiger partial charge in [-0.25, -0.2) is 18.2 Å². The Bertz CT molecular complexity index is 1020. The van der Waals surface area contributed by atoms with Crippen LogP contribution in [0.5, 0.6) is 0 Å². The molecule has 7 nitrogen and oxygen atoms in total. The molecule has 1 aromatic heterocycles. The van der Waals surface area contributed by atoms with Gasteiger partial charge >= 0.3 is 0 Å². The number of fused-ring (bicyclic) bond motifs is 1. The topological polar surface area (TPSA) is 94.6 Å². The molecule has 0 radical (unpaired) electrons. The molecule has 2 heterocycles. The second kappa shape index (κ2) is 7.92. The van der Waals surface area contributed by atoms with Crippen molar-refractivity contribution in [3.63, 3.8) is 0 Å². The van der Waals surface area contributed by atoms with E-state index in [4.69, 9.17) is 9.76 Å². The summed E-state index contributed by atoms with van der Waals surface area (Å²) in [6, 6.07) is 5.97. The number of piperidine rings is 1. The van der Waals surface area contributed by atoms with E-state index >= 15 is 0 Å². The Morgan fingerprint density at radius 1 is 1.21 bits per heavy atom. The molecule has 0 atom stereocenters. The van der Waals surface area contributed by atoms with Gasteiger partial charge in [0.25, 0.3) is 10.0 Å². The minimum atomic E-state index is -3.86. The van der Waals surface area contributed by atoms with E-state index < -0.39 is 17.4 Å². The molecule has 1 fully saturated rings. The highest BCUT2D eigenvalue weighted by Crippen LogP contribution is 2.48. The van der Waals surface area contributed by atoms with Crippen molar-refractivity contribution < 1.29 is 17.6 Å². The third-order valence-electron chi connectivity index (χ3n) is 5.70. The first-order valence-corrected chi connectivity index (χ1v) is 13.3. The van der Waals surface area contributed by atoms with Crippen molar-refractivity contribution in [2.45, 2.75) is 44.6 Å². The number of nitrogens with two attached hydrogens (primary N) is 1. The third kappa shape index (κ3) is 4.07. The van der Waals surface area contributed by atoms with Crippen molar-refractivity contribution in [3.8, 4) is 0 Å². The Morgan fingerprint density at radius 2 is 1.82 bits per heavy atom. The number of benzene rings is 1. The lowest BCUT2D eigenvalue weighted by Gasteiger charge is -2.33. The zero-order valence-corrected chi connectivity index (χ0v) is 18.7. The molecule has 9 heteroatoms. The standard InChI is InChI=1S/C19H30N3O4PS/c1-5-27(23,6-2)26-22-11-9-15(10-12-22)18-16-8-7-14(3)13-17(16)21(4)19(18)28(20,24)25/h7-8,13,15H,5-6,9-12H2,1-4H3,(H2,20,24,25). The predicted molar refractivity (Wildman–Crippen MR) is 112 cm³/mol. The molecule has 0 spiro atoms. The molecule has 1 aromatic carbocycles. The van der Waals surface area contributed by atoms with Gasteiger partial charge in [-0.3, -0.25) is 4.57 Å². The fourth-order valence-electron chi connectivity index (χ4n) is 4.07. The Morgan fingerprint density at radius 3 is 2.36 bits per heavy atom. The van der Waals surface area contributed by atoms with Gasteiger partial charge in [-0.05, 0) is 37.3 Å². The van der Waals surface area contributed by atoms with Gasteiger partial charge in [0.2, 0.25) is 7.37 Å². The Balaban J connectivity index is 1.94. The maximum atomic E-state index is 12.6. The summed E-state index contributed by atoms with van der Waals surface area (Å²) >= 11 is 0. The molecule has 2 aromatic rings. The van der Waals surface area contributed by atoms with Gasteiger partial charge in [-0.2, -0.15) is 5.06 Å². The molecule has 3 rings (SSSR count). The normalized spacial score (nSPS) is 17.5. The number of rotatable bonds is 6. The smallest absolute Gasteiger partial charge is 0.254 e. The summed E-state index contributed by atoms with van der Waals surface area (Å²) in [6.45, 7) is 6.97. The zero-order chi connectivity index (χ0) is 20.7. The Labute approximate surface area is 167 Å². The van der Waals surface area contributed by atoms with E-state index in [2.05, 4.69) is 0 Å². The molecule has 0 aliphatic carbocycles. The average Bonchev–Trinajstić information content (AvgIpc) is 2.94. The van der Waals surface area contributed by atoms with E-state index in [1.807, 2.05) is 39.0 Å². The number of nitrogens with zero attached hydrogens (tertiary/aromatic N) is 2. The van der Waals surface area contributed by atoms with E-state index in [1.165, 1.54) is 0 Å². The molecular formula is C19H30N3O4PS. The van der Waals surface area contributed by atoms with Crippen molar-refractivity contribution in [2.75, 3.05) is 25.4 Å². The lowest BCUT2D eigenvalue weighted by Crippen LogP contribution is -2.33. The lowest BCUT2D eigenvalue weighted by atomic mass is 9.89. The number of hydroxylamine groups is 2. The molecular weight excluding hydrogens is 397 g/mol. The lowest BCUT2D eigenvalue weighted by molar-refractivity contribution is -0.0731. The SMILES string of the molecule is CCP(=O)(CC)ON1CCC(c2c(S(N)(=O)=O)n(C)c3cc(C)ccc23)CC1. The Hall–Kier alpha value is -1.18. The number of aryl methyl sites for hydroxylation is 2. The van der Waals surface area contributed by atoms with Crippen LogP contribution in [0, 0.1) is 6.92 Å². The molecule has 28 heavy (non-hydrogen) atoms. The van der Waals surface area contributed by atoms with Crippen LogP contribution in [0.4, 0.5) is 0 Å². The maximum Gasteiger partial charge on any atom is 0.254 e. The largest absolute Gasteiger partial charge is 0.333 e. The molecule has 1 saturated heterocycles. The van der Waals surface area contributed by atoms with Crippen LogP contribution in [0.25, 0.3) is 10.9 Å². The number of primary sulfonamides is 1. The van der Waals surface area contributed by atoms with Crippen LogP contribution in [0.2, 0.25) is 0 Å².